The van der Waals surface area contributed by atoms with Gasteiger partial charge < -0.3 is 15.2 Å². The molecule has 0 saturated carbocycles. The number of hydrogen-bond acceptors (Lipinski definition) is 6. The Hall–Kier alpha value is -2.41. The van der Waals surface area contributed by atoms with E-state index in [1.165, 1.54) is 0 Å². The second-order valence-corrected chi connectivity index (χ2v) is 4.25. The van der Waals surface area contributed by atoms with E-state index in [0.717, 1.165) is 5.56 Å². The first-order valence-electron chi connectivity index (χ1n) is 6.66. The van der Waals surface area contributed by atoms with Crippen molar-refractivity contribution in [3.8, 4) is 17.0 Å². The molecule has 7 heteroatoms. The minimum absolute atomic E-state index is 0.179. The Morgan fingerprint density at radius 2 is 2.24 bits per heavy atom. The lowest BCUT2D eigenvalue weighted by atomic mass is 10.1. The van der Waals surface area contributed by atoms with Crippen LogP contribution in [0.1, 0.15) is 17.4 Å². The van der Waals surface area contributed by atoms with Gasteiger partial charge in [-0.15, -0.1) is 5.10 Å². The van der Waals surface area contributed by atoms with Crippen molar-refractivity contribution in [1.82, 2.24) is 15.0 Å². The van der Waals surface area contributed by atoms with Crippen molar-refractivity contribution >= 4 is 5.97 Å². The molecular weight excluding hydrogens is 272 g/mol. The summed E-state index contributed by atoms with van der Waals surface area (Å²) in [5.41, 5.74) is 7.11. The molecule has 0 fully saturated rings. The van der Waals surface area contributed by atoms with Crippen LogP contribution in [-0.4, -0.2) is 41.2 Å². The lowest BCUT2D eigenvalue weighted by Crippen LogP contribution is -2.13. The van der Waals surface area contributed by atoms with Crippen LogP contribution < -0.4 is 10.5 Å². The molecule has 0 atom stereocenters. The number of nitrogens with two attached hydrogens (primary N) is 1. The average Bonchev–Trinajstić information content (AvgIpc) is 2.92. The molecule has 1 aromatic carbocycles. The molecule has 0 aliphatic rings. The Bertz CT molecular complexity index is 624. The molecule has 0 aliphatic carbocycles. The zero-order valence-electron chi connectivity index (χ0n) is 12.1. The van der Waals surface area contributed by atoms with Gasteiger partial charge >= 0.3 is 5.97 Å². The highest BCUT2D eigenvalue weighted by molar-refractivity contribution is 5.94. The predicted octanol–water partition coefficient (Wildman–Crippen LogP) is 1.09. The number of benzene rings is 1. The molecule has 2 aromatic rings. The monoisotopic (exact) mass is 290 g/mol. The van der Waals surface area contributed by atoms with Gasteiger partial charge in [0.15, 0.2) is 5.69 Å². The summed E-state index contributed by atoms with van der Waals surface area (Å²) in [7, 11) is 1.58. The molecule has 0 radical (unpaired) electrons. The lowest BCUT2D eigenvalue weighted by molar-refractivity contribution is 0.0520. The van der Waals surface area contributed by atoms with Crippen LogP contribution in [0.3, 0.4) is 0 Å². The van der Waals surface area contributed by atoms with Crippen molar-refractivity contribution < 1.29 is 14.3 Å². The minimum Gasteiger partial charge on any atom is -0.497 e. The molecule has 7 nitrogen and oxygen atoms in total. The van der Waals surface area contributed by atoms with Crippen LogP contribution in [0.2, 0.25) is 0 Å². The Kier molecular flexibility index (Phi) is 4.89. The second-order valence-electron chi connectivity index (χ2n) is 4.25. The Morgan fingerprint density at radius 3 is 2.90 bits per heavy atom. The van der Waals surface area contributed by atoms with Crippen molar-refractivity contribution in [3.63, 3.8) is 0 Å². The molecule has 0 unspecified atom stereocenters. The van der Waals surface area contributed by atoms with Gasteiger partial charge in [-0.1, -0.05) is 17.3 Å². The summed E-state index contributed by atoms with van der Waals surface area (Å²) in [5, 5.41) is 7.91. The number of nitrogens with zero attached hydrogens (tertiary/aromatic N) is 3. The van der Waals surface area contributed by atoms with Crippen LogP contribution in [0.5, 0.6) is 5.75 Å². The fraction of sp³-hybridized carbons (Fsp3) is 0.357. The fourth-order valence-electron chi connectivity index (χ4n) is 1.98. The third-order valence-corrected chi connectivity index (χ3v) is 2.89. The summed E-state index contributed by atoms with van der Waals surface area (Å²) >= 11 is 0. The third kappa shape index (κ3) is 3.19. The first-order valence-corrected chi connectivity index (χ1v) is 6.66. The number of aromatic nitrogens is 3. The molecule has 2 rings (SSSR count). The zero-order chi connectivity index (χ0) is 15.2. The second kappa shape index (κ2) is 6.85. The molecule has 0 spiro atoms. The molecular formula is C14H18N4O3. The highest BCUT2D eigenvalue weighted by atomic mass is 16.5. The maximum Gasteiger partial charge on any atom is 0.361 e. The van der Waals surface area contributed by atoms with E-state index in [0.29, 0.717) is 24.5 Å². The quantitative estimate of drug-likeness (QED) is 0.801. The van der Waals surface area contributed by atoms with Gasteiger partial charge in [-0.25, -0.2) is 9.48 Å². The molecule has 0 saturated heterocycles. The molecule has 0 amide bonds. The van der Waals surface area contributed by atoms with Crippen molar-refractivity contribution in [1.29, 1.82) is 0 Å². The number of ether oxygens (including phenoxy) is 2. The van der Waals surface area contributed by atoms with Crippen molar-refractivity contribution in [2.45, 2.75) is 13.5 Å². The highest BCUT2D eigenvalue weighted by Gasteiger charge is 2.22. The van der Waals surface area contributed by atoms with E-state index in [-0.39, 0.29) is 12.3 Å². The number of hydrogen-bond donors (Lipinski definition) is 1. The summed E-state index contributed by atoms with van der Waals surface area (Å²) < 4.78 is 11.8. The number of carbonyl (C=O) groups excluding carboxylic acids is 1. The van der Waals surface area contributed by atoms with Crippen molar-refractivity contribution in [3.05, 3.63) is 30.0 Å². The molecule has 0 bridgehead atoms. The summed E-state index contributed by atoms with van der Waals surface area (Å²) in [6, 6.07) is 7.33. The van der Waals surface area contributed by atoms with Gasteiger partial charge in [0.05, 0.1) is 20.3 Å². The maximum atomic E-state index is 12.0. The molecule has 112 valence electrons. The van der Waals surface area contributed by atoms with E-state index in [1.807, 2.05) is 24.3 Å². The van der Waals surface area contributed by atoms with Crippen molar-refractivity contribution in [2.24, 2.45) is 5.73 Å². The summed E-state index contributed by atoms with van der Waals surface area (Å²) in [6.07, 6.45) is 0. The smallest absolute Gasteiger partial charge is 0.361 e. The SMILES string of the molecule is CCOC(=O)c1nnn(CCN)c1-c1cccc(OC)c1. The van der Waals surface area contributed by atoms with Crippen LogP contribution >= 0.6 is 0 Å². The largest absolute Gasteiger partial charge is 0.497 e. The number of methoxy groups -OCH3 is 1. The van der Waals surface area contributed by atoms with E-state index >= 15 is 0 Å². The Labute approximate surface area is 122 Å². The maximum absolute atomic E-state index is 12.0. The lowest BCUT2D eigenvalue weighted by Gasteiger charge is -2.08. The number of esters is 1. The Balaban J connectivity index is 2.52. The zero-order valence-corrected chi connectivity index (χ0v) is 12.1. The van der Waals surface area contributed by atoms with Gasteiger partial charge in [-0.3, -0.25) is 0 Å². The van der Waals surface area contributed by atoms with Crippen LogP contribution in [0.25, 0.3) is 11.3 Å². The highest BCUT2D eigenvalue weighted by Crippen LogP contribution is 2.26. The normalized spacial score (nSPS) is 10.4. The topological polar surface area (TPSA) is 92.3 Å². The minimum atomic E-state index is -0.501. The van der Waals surface area contributed by atoms with E-state index in [2.05, 4.69) is 10.3 Å². The van der Waals surface area contributed by atoms with Crippen LogP contribution in [0.4, 0.5) is 0 Å². The molecule has 1 heterocycles. The standard InChI is InChI=1S/C14H18N4O3/c1-3-21-14(19)12-13(18(8-7-15)17-16-12)10-5-4-6-11(9-10)20-2/h4-6,9H,3,7-8,15H2,1-2H3. The Morgan fingerprint density at radius 1 is 1.43 bits per heavy atom. The van der Waals surface area contributed by atoms with Gasteiger partial charge in [-0.05, 0) is 19.1 Å². The van der Waals surface area contributed by atoms with Gasteiger partial charge in [0.25, 0.3) is 0 Å². The third-order valence-electron chi connectivity index (χ3n) is 2.89. The molecule has 2 N–H and O–H groups in total. The van der Waals surface area contributed by atoms with E-state index in [9.17, 15) is 4.79 Å². The summed E-state index contributed by atoms with van der Waals surface area (Å²) in [5.74, 6) is 0.182. The van der Waals surface area contributed by atoms with Crippen LogP contribution in [0.15, 0.2) is 24.3 Å². The van der Waals surface area contributed by atoms with E-state index in [4.69, 9.17) is 15.2 Å². The van der Waals surface area contributed by atoms with E-state index in [1.54, 1.807) is 18.7 Å². The van der Waals surface area contributed by atoms with Gasteiger partial charge in [-0.2, -0.15) is 0 Å². The molecule has 0 aliphatic heterocycles. The van der Waals surface area contributed by atoms with Crippen LogP contribution in [0, 0.1) is 0 Å². The van der Waals surface area contributed by atoms with Crippen LogP contribution in [-0.2, 0) is 11.3 Å². The predicted molar refractivity (Wildman–Crippen MR) is 77.0 cm³/mol. The first kappa shape index (κ1) is 15.0. The van der Waals surface area contributed by atoms with Gasteiger partial charge in [0, 0.05) is 12.1 Å². The first-order chi connectivity index (χ1) is 10.2. The number of carbonyl (C=O) groups is 1. The summed E-state index contributed by atoms with van der Waals surface area (Å²) in [4.78, 5) is 12.0. The van der Waals surface area contributed by atoms with E-state index < -0.39 is 5.97 Å². The fourth-order valence-corrected chi connectivity index (χ4v) is 1.98. The molecule has 1 aromatic heterocycles. The van der Waals surface area contributed by atoms with Crippen molar-refractivity contribution in [2.75, 3.05) is 20.3 Å². The summed E-state index contributed by atoms with van der Waals surface area (Å²) in [6.45, 7) is 2.87. The van der Waals surface area contributed by atoms with Gasteiger partial charge in [0.1, 0.15) is 11.4 Å². The number of rotatable bonds is 6. The average molecular weight is 290 g/mol. The van der Waals surface area contributed by atoms with Gasteiger partial charge in [0.2, 0.25) is 0 Å². The molecule has 21 heavy (non-hydrogen) atoms.